The van der Waals surface area contributed by atoms with Gasteiger partial charge < -0.3 is 14.6 Å². The summed E-state index contributed by atoms with van der Waals surface area (Å²) in [5.74, 6) is 0.449. The molecule has 0 unspecified atom stereocenters. The van der Waals surface area contributed by atoms with Crippen LogP contribution in [0.15, 0.2) is 75.0 Å². The van der Waals surface area contributed by atoms with Crippen LogP contribution in [0, 0.1) is 0 Å². The van der Waals surface area contributed by atoms with Crippen LogP contribution in [0.3, 0.4) is 0 Å². The number of hydrogen-bond donors (Lipinski definition) is 1. The number of rotatable bonds is 8. The maximum Gasteiger partial charge on any atom is 0.335 e. The SMILES string of the molecule is COc1cccc(C=Nn2c(C(C)C)nc3ccc(Br)cc3c2=O)c1OCc1ccc(C(=O)O)cc1. The Kier molecular flexibility index (Phi) is 7.49. The van der Waals surface area contributed by atoms with Crippen LogP contribution in [0.1, 0.15) is 47.1 Å². The number of hydrogen-bond acceptors (Lipinski definition) is 6. The monoisotopic (exact) mass is 549 g/mol. The molecule has 0 aliphatic carbocycles. The van der Waals surface area contributed by atoms with Gasteiger partial charge in [0.2, 0.25) is 0 Å². The molecule has 184 valence electrons. The van der Waals surface area contributed by atoms with Crippen molar-refractivity contribution in [1.82, 2.24) is 9.66 Å². The highest BCUT2D eigenvalue weighted by atomic mass is 79.9. The quantitative estimate of drug-likeness (QED) is 0.293. The molecule has 1 aromatic heterocycles. The molecule has 4 rings (SSSR count). The number of methoxy groups -OCH3 is 1. The second-order valence-electron chi connectivity index (χ2n) is 8.32. The van der Waals surface area contributed by atoms with Crippen LogP contribution < -0.4 is 15.0 Å². The van der Waals surface area contributed by atoms with Gasteiger partial charge >= 0.3 is 5.97 Å². The number of aromatic nitrogens is 2. The van der Waals surface area contributed by atoms with E-state index in [0.29, 0.717) is 33.8 Å². The smallest absolute Gasteiger partial charge is 0.335 e. The van der Waals surface area contributed by atoms with E-state index in [9.17, 15) is 9.59 Å². The maximum absolute atomic E-state index is 13.3. The van der Waals surface area contributed by atoms with E-state index in [1.165, 1.54) is 23.9 Å². The molecule has 0 saturated heterocycles. The minimum absolute atomic E-state index is 0.0438. The van der Waals surface area contributed by atoms with Crippen LogP contribution in [0.5, 0.6) is 11.5 Å². The molecule has 0 amide bonds. The molecule has 1 heterocycles. The fourth-order valence-electron chi connectivity index (χ4n) is 3.62. The van der Waals surface area contributed by atoms with Gasteiger partial charge in [-0.15, -0.1) is 0 Å². The first-order chi connectivity index (χ1) is 17.3. The molecule has 8 nitrogen and oxygen atoms in total. The third-order valence-corrected chi connectivity index (χ3v) is 5.97. The van der Waals surface area contributed by atoms with Crippen LogP contribution >= 0.6 is 15.9 Å². The molecule has 0 saturated carbocycles. The zero-order chi connectivity index (χ0) is 25.8. The third-order valence-electron chi connectivity index (χ3n) is 5.48. The molecule has 9 heteroatoms. The van der Waals surface area contributed by atoms with Crippen molar-refractivity contribution in [3.63, 3.8) is 0 Å². The van der Waals surface area contributed by atoms with Gasteiger partial charge in [-0.25, -0.2) is 9.78 Å². The Morgan fingerprint density at radius 1 is 1.17 bits per heavy atom. The van der Waals surface area contributed by atoms with E-state index in [-0.39, 0.29) is 23.6 Å². The standard InChI is InChI=1S/C27H24BrN3O5/c1-16(2)25-30-22-12-11-20(28)13-21(22)26(32)31(25)29-14-19-5-4-6-23(35-3)24(19)36-15-17-7-9-18(10-8-17)27(33)34/h4-14,16H,15H2,1-3H3,(H,33,34). The van der Waals surface area contributed by atoms with Gasteiger partial charge in [-0.1, -0.05) is 48.0 Å². The van der Waals surface area contributed by atoms with Gasteiger partial charge in [0, 0.05) is 16.0 Å². The topological polar surface area (TPSA) is 103 Å². The predicted octanol–water partition coefficient (Wildman–Crippen LogP) is 5.45. The first-order valence-corrected chi connectivity index (χ1v) is 12.0. The average Bonchev–Trinajstić information content (AvgIpc) is 2.87. The number of carboxylic acids is 1. The van der Waals surface area contributed by atoms with E-state index >= 15 is 0 Å². The molecule has 36 heavy (non-hydrogen) atoms. The van der Waals surface area contributed by atoms with Crippen molar-refractivity contribution in [3.8, 4) is 11.5 Å². The number of para-hydroxylation sites is 1. The number of carboxylic acid groups (broad SMARTS) is 1. The van der Waals surface area contributed by atoms with Crippen LogP contribution in [0.2, 0.25) is 0 Å². The summed E-state index contributed by atoms with van der Waals surface area (Å²) in [6.45, 7) is 4.09. The molecule has 3 aromatic carbocycles. The van der Waals surface area contributed by atoms with Crippen LogP contribution in [-0.2, 0) is 6.61 Å². The lowest BCUT2D eigenvalue weighted by Gasteiger charge is -2.14. The number of carbonyl (C=O) groups is 1. The second-order valence-corrected chi connectivity index (χ2v) is 9.23. The van der Waals surface area contributed by atoms with E-state index < -0.39 is 5.97 Å². The van der Waals surface area contributed by atoms with Crippen molar-refractivity contribution in [1.29, 1.82) is 0 Å². The summed E-state index contributed by atoms with van der Waals surface area (Å²) in [6.07, 6.45) is 1.55. The largest absolute Gasteiger partial charge is 0.493 e. The van der Waals surface area contributed by atoms with Gasteiger partial charge in [-0.2, -0.15) is 9.78 Å². The van der Waals surface area contributed by atoms with Crippen molar-refractivity contribution in [2.45, 2.75) is 26.4 Å². The highest BCUT2D eigenvalue weighted by Gasteiger charge is 2.15. The summed E-state index contributed by atoms with van der Waals surface area (Å²) in [7, 11) is 1.54. The fraction of sp³-hybridized carbons (Fsp3) is 0.185. The molecular formula is C27H24BrN3O5. The molecule has 0 atom stereocenters. The van der Waals surface area contributed by atoms with Gasteiger partial charge in [-0.05, 0) is 48.0 Å². The second kappa shape index (κ2) is 10.7. The minimum atomic E-state index is -0.989. The van der Waals surface area contributed by atoms with Crippen molar-refractivity contribution in [3.05, 3.63) is 98.0 Å². The van der Waals surface area contributed by atoms with Gasteiger partial charge in [-0.3, -0.25) is 4.79 Å². The summed E-state index contributed by atoms with van der Waals surface area (Å²) in [5, 5.41) is 14.0. The lowest BCUT2D eigenvalue weighted by atomic mass is 10.1. The Morgan fingerprint density at radius 2 is 1.92 bits per heavy atom. The molecule has 1 N–H and O–H groups in total. The number of halogens is 1. The molecule has 0 spiro atoms. The first-order valence-electron chi connectivity index (χ1n) is 11.2. The number of aromatic carboxylic acids is 1. The molecular weight excluding hydrogens is 526 g/mol. The van der Waals surface area contributed by atoms with Gasteiger partial charge in [0.15, 0.2) is 11.5 Å². The van der Waals surface area contributed by atoms with Crippen molar-refractivity contribution < 1.29 is 19.4 Å². The lowest BCUT2D eigenvalue weighted by Crippen LogP contribution is -2.23. The van der Waals surface area contributed by atoms with Crippen molar-refractivity contribution >= 4 is 39.0 Å². The molecule has 0 fully saturated rings. The normalized spacial score (nSPS) is 11.4. The van der Waals surface area contributed by atoms with E-state index in [4.69, 9.17) is 14.6 Å². The minimum Gasteiger partial charge on any atom is -0.493 e. The zero-order valence-electron chi connectivity index (χ0n) is 19.9. The summed E-state index contributed by atoms with van der Waals surface area (Å²) in [4.78, 5) is 29.1. The Morgan fingerprint density at radius 3 is 2.58 bits per heavy atom. The van der Waals surface area contributed by atoms with E-state index in [2.05, 4.69) is 26.0 Å². The Bertz CT molecular complexity index is 1510. The van der Waals surface area contributed by atoms with Crippen LogP contribution in [0.4, 0.5) is 0 Å². The van der Waals surface area contributed by atoms with Crippen molar-refractivity contribution in [2.75, 3.05) is 7.11 Å². The summed E-state index contributed by atoms with van der Waals surface area (Å²) >= 11 is 3.41. The van der Waals surface area contributed by atoms with Crippen LogP contribution in [0.25, 0.3) is 10.9 Å². The van der Waals surface area contributed by atoms with Gasteiger partial charge in [0.25, 0.3) is 5.56 Å². The Balaban J connectivity index is 1.71. The summed E-state index contributed by atoms with van der Waals surface area (Å²) in [6, 6.07) is 17.2. The van der Waals surface area contributed by atoms with E-state index in [1.807, 2.05) is 19.9 Å². The third kappa shape index (κ3) is 5.31. The summed E-state index contributed by atoms with van der Waals surface area (Å²) < 4.78 is 13.6. The summed E-state index contributed by atoms with van der Waals surface area (Å²) in [5.41, 5.74) is 1.93. The highest BCUT2D eigenvalue weighted by molar-refractivity contribution is 9.10. The van der Waals surface area contributed by atoms with Gasteiger partial charge in [0.1, 0.15) is 12.4 Å². The van der Waals surface area contributed by atoms with Gasteiger partial charge in [0.05, 0.1) is 29.8 Å². The number of benzene rings is 3. The molecule has 0 aliphatic heterocycles. The Hall–Kier alpha value is -3.98. The zero-order valence-corrected chi connectivity index (χ0v) is 21.5. The fourth-order valence-corrected chi connectivity index (χ4v) is 3.98. The Labute approximate surface area is 216 Å². The lowest BCUT2D eigenvalue weighted by molar-refractivity contribution is 0.0697. The molecule has 0 aliphatic rings. The van der Waals surface area contributed by atoms with E-state index in [0.717, 1.165) is 10.0 Å². The number of ether oxygens (including phenoxy) is 2. The van der Waals surface area contributed by atoms with Crippen molar-refractivity contribution in [2.24, 2.45) is 5.10 Å². The predicted molar refractivity (Wildman–Crippen MR) is 142 cm³/mol. The maximum atomic E-state index is 13.3. The van der Waals surface area contributed by atoms with E-state index in [1.54, 1.807) is 48.7 Å². The van der Waals surface area contributed by atoms with Crippen LogP contribution in [-0.4, -0.2) is 34.1 Å². The molecule has 4 aromatic rings. The number of fused-ring (bicyclic) bond motifs is 1. The number of nitrogens with zero attached hydrogens (tertiary/aromatic N) is 3. The first kappa shape index (κ1) is 25.1. The molecule has 0 radical (unpaired) electrons. The highest BCUT2D eigenvalue weighted by Crippen LogP contribution is 2.31. The average molecular weight is 550 g/mol. The molecule has 0 bridgehead atoms.